The largest absolute Gasteiger partial charge is 0.497 e. The number of rotatable bonds is 7. The van der Waals surface area contributed by atoms with Crippen molar-refractivity contribution in [3.63, 3.8) is 0 Å². The molecule has 0 aliphatic carbocycles. The van der Waals surface area contributed by atoms with Crippen LogP contribution in [0, 0.1) is 0 Å². The molecule has 0 bridgehead atoms. The SMILES string of the molecule is COc1ccc(Cn2c(=O)c(C(=O)NCCc3ccc(Br)cc3)cc3c(N)cccc32)cc1. The molecule has 0 radical (unpaired) electrons. The Morgan fingerprint density at radius 1 is 1.03 bits per heavy atom. The molecule has 4 rings (SSSR count). The van der Waals surface area contributed by atoms with Crippen molar-refractivity contribution in [2.45, 2.75) is 13.0 Å². The second-order valence-corrected chi connectivity index (χ2v) is 8.63. The lowest BCUT2D eigenvalue weighted by Gasteiger charge is -2.15. The summed E-state index contributed by atoms with van der Waals surface area (Å²) in [7, 11) is 1.61. The summed E-state index contributed by atoms with van der Waals surface area (Å²) in [6, 6.07) is 22.4. The van der Waals surface area contributed by atoms with Crippen molar-refractivity contribution in [3.8, 4) is 5.75 Å². The number of hydrogen-bond donors (Lipinski definition) is 2. The van der Waals surface area contributed by atoms with E-state index in [2.05, 4.69) is 21.2 Å². The van der Waals surface area contributed by atoms with E-state index in [1.807, 2.05) is 54.6 Å². The van der Waals surface area contributed by atoms with Crippen LogP contribution in [0.3, 0.4) is 0 Å². The first-order valence-electron chi connectivity index (χ1n) is 10.5. The average molecular weight is 506 g/mol. The van der Waals surface area contributed by atoms with Gasteiger partial charge in [0.1, 0.15) is 11.3 Å². The lowest BCUT2D eigenvalue weighted by molar-refractivity contribution is 0.0952. The molecule has 0 saturated heterocycles. The van der Waals surface area contributed by atoms with E-state index in [9.17, 15) is 9.59 Å². The summed E-state index contributed by atoms with van der Waals surface area (Å²) in [4.78, 5) is 26.3. The number of nitrogens with one attached hydrogen (secondary N) is 1. The molecule has 0 fully saturated rings. The Morgan fingerprint density at radius 2 is 1.73 bits per heavy atom. The minimum Gasteiger partial charge on any atom is -0.497 e. The fourth-order valence-corrected chi connectivity index (χ4v) is 3.99. The van der Waals surface area contributed by atoms with Gasteiger partial charge in [0, 0.05) is 22.1 Å². The van der Waals surface area contributed by atoms with Gasteiger partial charge in [0.15, 0.2) is 0 Å². The van der Waals surface area contributed by atoms with Crippen LogP contribution < -0.4 is 21.3 Å². The van der Waals surface area contributed by atoms with Gasteiger partial charge in [0.25, 0.3) is 11.5 Å². The topological polar surface area (TPSA) is 86.3 Å². The molecule has 3 N–H and O–H groups in total. The Balaban J connectivity index is 1.64. The molecule has 0 atom stereocenters. The average Bonchev–Trinajstić information content (AvgIpc) is 2.82. The Kier molecular flexibility index (Phi) is 6.79. The number of carbonyl (C=O) groups is 1. The van der Waals surface area contributed by atoms with Gasteiger partial charge in [-0.3, -0.25) is 9.59 Å². The number of nitrogens with zero attached hydrogens (tertiary/aromatic N) is 1. The van der Waals surface area contributed by atoms with E-state index < -0.39 is 5.91 Å². The lowest BCUT2D eigenvalue weighted by atomic mass is 10.1. The zero-order chi connectivity index (χ0) is 23.4. The number of nitrogens with two attached hydrogens (primary N) is 1. The molecule has 1 heterocycles. The molecule has 7 heteroatoms. The van der Waals surface area contributed by atoms with Gasteiger partial charge in [-0.1, -0.05) is 46.3 Å². The van der Waals surface area contributed by atoms with E-state index in [1.165, 1.54) is 0 Å². The molecule has 4 aromatic rings. The van der Waals surface area contributed by atoms with Crippen LogP contribution in [-0.2, 0) is 13.0 Å². The highest BCUT2D eigenvalue weighted by molar-refractivity contribution is 9.10. The number of hydrogen-bond acceptors (Lipinski definition) is 4. The summed E-state index contributed by atoms with van der Waals surface area (Å²) in [5, 5.41) is 3.54. The number of carbonyl (C=O) groups excluding carboxylic acids is 1. The zero-order valence-corrected chi connectivity index (χ0v) is 19.8. The second kappa shape index (κ2) is 9.92. The Morgan fingerprint density at radius 3 is 2.42 bits per heavy atom. The fraction of sp³-hybridized carbons (Fsp3) is 0.154. The Bertz CT molecular complexity index is 1350. The molecule has 6 nitrogen and oxygen atoms in total. The van der Waals surface area contributed by atoms with Gasteiger partial charge < -0.3 is 20.4 Å². The first kappa shape index (κ1) is 22.6. The van der Waals surface area contributed by atoms with E-state index in [1.54, 1.807) is 29.9 Å². The second-order valence-electron chi connectivity index (χ2n) is 7.71. The quantitative estimate of drug-likeness (QED) is 0.365. The summed E-state index contributed by atoms with van der Waals surface area (Å²) in [6.07, 6.45) is 0.661. The van der Waals surface area contributed by atoms with Crippen LogP contribution >= 0.6 is 15.9 Å². The third-order valence-electron chi connectivity index (χ3n) is 5.53. The first-order valence-corrected chi connectivity index (χ1v) is 11.3. The molecule has 0 saturated carbocycles. The summed E-state index contributed by atoms with van der Waals surface area (Å²) in [5.74, 6) is 0.324. The van der Waals surface area contributed by atoms with Crippen LogP contribution in [0.1, 0.15) is 21.5 Å². The van der Waals surface area contributed by atoms with Gasteiger partial charge in [0.05, 0.1) is 19.2 Å². The van der Waals surface area contributed by atoms with Crippen molar-refractivity contribution in [1.82, 2.24) is 9.88 Å². The van der Waals surface area contributed by atoms with Crippen molar-refractivity contribution in [2.75, 3.05) is 19.4 Å². The number of anilines is 1. The zero-order valence-electron chi connectivity index (χ0n) is 18.2. The molecule has 0 unspecified atom stereocenters. The smallest absolute Gasteiger partial charge is 0.264 e. The van der Waals surface area contributed by atoms with E-state index in [0.717, 1.165) is 21.3 Å². The number of benzene rings is 3. The van der Waals surface area contributed by atoms with Gasteiger partial charge in [-0.15, -0.1) is 0 Å². The molecule has 0 aliphatic rings. The molecule has 0 aliphatic heterocycles. The number of fused-ring (bicyclic) bond motifs is 1. The van der Waals surface area contributed by atoms with Crippen molar-refractivity contribution in [1.29, 1.82) is 0 Å². The van der Waals surface area contributed by atoms with Crippen LogP contribution in [-0.4, -0.2) is 24.1 Å². The number of pyridine rings is 1. The maximum absolute atomic E-state index is 13.4. The van der Waals surface area contributed by atoms with Crippen LogP contribution in [0.25, 0.3) is 10.9 Å². The highest BCUT2D eigenvalue weighted by Crippen LogP contribution is 2.22. The number of ether oxygens (including phenoxy) is 1. The van der Waals surface area contributed by atoms with Crippen molar-refractivity contribution in [3.05, 3.63) is 104 Å². The molecule has 33 heavy (non-hydrogen) atoms. The normalized spacial score (nSPS) is 10.8. The van der Waals surface area contributed by atoms with Crippen LogP contribution in [0.4, 0.5) is 5.69 Å². The number of amides is 1. The summed E-state index contributed by atoms with van der Waals surface area (Å²) < 4.78 is 7.81. The lowest BCUT2D eigenvalue weighted by Crippen LogP contribution is -2.34. The number of methoxy groups -OCH3 is 1. The first-order chi connectivity index (χ1) is 16.0. The minimum atomic E-state index is -0.411. The van der Waals surface area contributed by atoms with Crippen LogP contribution in [0.2, 0.25) is 0 Å². The Labute approximate surface area is 200 Å². The molecule has 168 valence electrons. The third-order valence-corrected chi connectivity index (χ3v) is 6.06. The summed E-state index contributed by atoms with van der Waals surface area (Å²) in [6.45, 7) is 0.726. The van der Waals surface area contributed by atoms with Crippen molar-refractivity contribution in [2.24, 2.45) is 0 Å². The molecule has 3 aromatic carbocycles. The molecular formula is C26H24BrN3O3. The number of halogens is 1. The molecule has 1 amide bonds. The van der Waals surface area contributed by atoms with Gasteiger partial charge in [0.2, 0.25) is 0 Å². The standard InChI is InChI=1S/C26H24BrN3O3/c1-33-20-11-7-18(8-12-20)16-30-24-4-2-3-23(28)21(24)15-22(26(30)32)25(31)29-14-13-17-5-9-19(27)10-6-17/h2-12,15H,13-14,16,28H2,1H3,(H,29,31). The predicted octanol–water partition coefficient (Wildman–Crippen LogP) is 4.38. The number of aromatic nitrogens is 1. The van der Waals surface area contributed by atoms with Crippen molar-refractivity contribution < 1.29 is 9.53 Å². The van der Waals surface area contributed by atoms with Crippen molar-refractivity contribution >= 4 is 38.4 Å². The summed E-state index contributed by atoms with van der Waals surface area (Å²) in [5.41, 5.74) is 9.12. The van der Waals surface area contributed by atoms with Gasteiger partial charge in [-0.05, 0) is 60.0 Å². The monoisotopic (exact) mass is 505 g/mol. The maximum atomic E-state index is 13.4. The summed E-state index contributed by atoms with van der Waals surface area (Å²) >= 11 is 3.42. The fourth-order valence-electron chi connectivity index (χ4n) is 3.72. The third kappa shape index (κ3) is 5.09. The van der Waals surface area contributed by atoms with Gasteiger partial charge >= 0.3 is 0 Å². The molecule has 0 spiro atoms. The maximum Gasteiger partial charge on any atom is 0.264 e. The highest BCUT2D eigenvalue weighted by atomic mass is 79.9. The van der Waals surface area contributed by atoms with E-state index in [0.29, 0.717) is 36.1 Å². The van der Waals surface area contributed by atoms with Crippen LogP contribution in [0.5, 0.6) is 5.75 Å². The highest BCUT2D eigenvalue weighted by Gasteiger charge is 2.17. The number of nitrogen functional groups attached to an aromatic ring is 1. The predicted molar refractivity (Wildman–Crippen MR) is 135 cm³/mol. The molecular weight excluding hydrogens is 482 g/mol. The molecule has 1 aromatic heterocycles. The van der Waals surface area contributed by atoms with Gasteiger partial charge in [-0.2, -0.15) is 0 Å². The minimum absolute atomic E-state index is 0.0738. The van der Waals surface area contributed by atoms with Crippen LogP contribution in [0.15, 0.2) is 82.1 Å². The van der Waals surface area contributed by atoms with E-state index >= 15 is 0 Å². The van der Waals surface area contributed by atoms with E-state index in [4.69, 9.17) is 10.5 Å². The van der Waals surface area contributed by atoms with E-state index in [-0.39, 0.29) is 11.1 Å². The Hall–Kier alpha value is -3.58. The van der Waals surface area contributed by atoms with Gasteiger partial charge in [-0.25, -0.2) is 0 Å².